The molecule has 9 heteroatoms. The van der Waals surface area contributed by atoms with Gasteiger partial charge in [-0.25, -0.2) is 4.98 Å². The summed E-state index contributed by atoms with van der Waals surface area (Å²) in [5.41, 5.74) is 2.74. The Labute approximate surface area is 203 Å². The van der Waals surface area contributed by atoms with Gasteiger partial charge in [0.2, 0.25) is 0 Å². The second kappa shape index (κ2) is 10.4. The Morgan fingerprint density at radius 1 is 1.06 bits per heavy atom. The zero-order chi connectivity index (χ0) is 24.9. The summed E-state index contributed by atoms with van der Waals surface area (Å²) in [5, 5.41) is 2.82. The monoisotopic (exact) mass is 475 g/mol. The number of carbonyl (C=O) groups is 1. The third kappa shape index (κ3) is 5.87. The molecular formula is C26H29N5O4. The largest absolute Gasteiger partial charge is 0.485 e. The van der Waals surface area contributed by atoms with Crippen LogP contribution >= 0.6 is 0 Å². The lowest BCUT2D eigenvalue weighted by Gasteiger charge is -2.13. The Morgan fingerprint density at radius 3 is 2.66 bits per heavy atom. The van der Waals surface area contributed by atoms with Gasteiger partial charge in [0.05, 0.1) is 11.4 Å². The molecule has 0 radical (unpaired) electrons. The van der Waals surface area contributed by atoms with Crippen LogP contribution in [0.5, 0.6) is 11.5 Å². The van der Waals surface area contributed by atoms with Crippen molar-refractivity contribution in [3.05, 3.63) is 82.0 Å². The molecule has 0 unspecified atom stereocenters. The number of fused-ring (bicyclic) bond motifs is 1. The van der Waals surface area contributed by atoms with Crippen LogP contribution in [0.1, 0.15) is 30.7 Å². The molecule has 0 aliphatic rings. The van der Waals surface area contributed by atoms with Crippen molar-refractivity contribution >= 4 is 17.4 Å². The van der Waals surface area contributed by atoms with Gasteiger partial charge in [0.15, 0.2) is 6.61 Å². The molecule has 4 aromatic rings. The van der Waals surface area contributed by atoms with Crippen LogP contribution in [-0.4, -0.2) is 31.7 Å². The second-order valence-electron chi connectivity index (χ2n) is 8.85. The first kappa shape index (κ1) is 24.0. The Bertz CT molecular complexity index is 1410. The van der Waals surface area contributed by atoms with E-state index < -0.39 is 0 Å². The van der Waals surface area contributed by atoms with Gasteiger partial charge in [-0.15, -0.1) is 0 Å². The van der Waals surface area contributed by atoms with E-state index in [4.69, 9.17) is 9.47 Å². The highest BCUT2D eigenvalue weighted by atomic mass is 16.5. The number of benzene rings is 2. The first-order valence-corrected chi connectivity index (χ1v) is 11.5. The maximum atomic E-state index is 12.7. The van der Waals surface area contributed by atoms with Gasteiger partial charge >= 0.3 is 0 Å². The van der Waals surface area contributed by atoms with E-state index in [9.17, 15) is 9.59 Å². The fourth-order valence-electron chi connectivity index (χ4n) is 3.62. The molecule has 2 aromatic heterocycles. The molecule has 2 heterocycles. The number of aryl methyl sites for hydroxylation is 2. The molecule has 35 heavy (non-hydrogen) atoms. The van der Waals surface area contributed by atoms with Gasteiger partial charge in [0, 0.05) is 12.6 Å². The summed E-state index contributed by atoms with van der Waals surface area (Å²) in [4.78, 5) is 33.9. The molecule has 1 amide bonds. The third-order valence-corrected chi connectivity index (χ3v) is 5.29. The zero-order valence-electron chi connectivity index (χ0n) is 20.3. The molecule has 9 nitrogen and oxygen atoms in total. The lowest BCUT2D eigenvalue weighted by atomic mass is 10.1. The number of nitrogens with zero attached hydrogens (tertiary/aromatic N) is 4. The quantitative estimate of drug-likeness (QED) is 0.396. The summed E-state index contributed by atoms with van der Waals surface area (Å²) in [5.74, 6) is 1.51. The predicted molar refractivity (Wildman–Crippen MR) is 133 cm³/mol. The maximum absolute atomic E-state index is 12.7. The molecular weight excluding hydrogens is 446 g/mol. The summed E-state index contributed by atoms with van der Waals surface area (Å²) in [7, 11) is 0. The molecule has 182 valence electrons. The van der Waals surface area contributed by atoms with Gasteiger partial charge in [-0.05, 0) is 49.1 Å². The summed E-state index contributed by atoms with van der Waals surface area (Å²) in [6, 6.07) is 14.4. The van der Waals surface area contributed by atoms with Gasteiger partial charge in [0.1, 0.15) is 24.4 Å². The van der Waals surface area contributed by atoms with Crippen molar-refractivity contribution < 1.29 is 14.3 Å². The van der Waals surface area contributed by atoms with E-state index >= 15 is 0 Å². The predicted octanol–water partition coefficient (Wildman–Crippen LogP) is 3.76. The summed E-state index contributed by atoms with van der Waals surface area (Å²) < 4.78 is 14.8. The van der Waals surface area contributed by atoms with Crippen molar-refractivity contribution in [1.82, 2.24) is 19.2 Å². The number of hydrogen-bond donors (Lipinski definition) is 1. The number of rotatable bonds is 9. The average molecular weight is 476 g/mol. The van der Waals surface area contributed by atoms with E-state index in [1.165, 1.54) is 10.6 Å². The van der Waals surface area contributed by atoms with Crippen LogP contribution in [0, 0.1) is 19.8 Å². The van der Waals surface area contributed by atoms with E-state index in [1.807, 2.05) is 32.0 Å². The van der Waals surface area contributed by atoms with Gasteiger partial charge in [-0.1, -0.05) is 38.1 Å². The van der Waals surface area contributed by atoms with Gasteiger partial charge in [-0.3, -0.25) is 14.3 Å². The van der Waals surface area contributed by atoms with Crippen molar-refractivity contribution in [2.45, 2.75) is 40.8 Å². The third-order valence-electron chi connectivity index (χ3n) is 5.29. The van der Waals surface area contributed by atoms with E-state index in [-0.39, 0.29) is 24.7 Å². The molecule has 0 saturated carbocycles. The van der Waals surface area contributed by atoms with Crippen LogP contribution in [0.2, 0.25) is 0 Å². The molecule has 0 aliphatic heterocycles. The lowest BCUT2D eigenvalue weighted by molar-refractivity contribution is -0.118. The molecule has 0 bridgehead atoms. The van der Waals surface area contributed by atoms with Crippen LogP contribution in [0.4, 0.5) is 5.69 Å². The number of amides is 1. The van der Waals surface area contributed by atoms with E-state index in [1.54, 1.807) is 35.3 Å². The number of nitrogens with one attached hydrogen (secondary N) is 1. The molecule has 0 spiro atoms. The average Bonchev–Trinajstić information content (AvgIpc) is 3.21. The Morgan fingerprint density at radius 2 is 1.86 bits per heavy atom. The minimum atomic E-state index is -0.310. The zero-order valence-corrected chi connectivity index (χ0v) is 20.3. The molecule has 4 rings (SSSR count). The van der Waals surface area contributed by atoms with Crippen molar-refractivity contribution in [2.24, 2.45) is 5.92 Å². The van der Waals surface area contributed by atoms with Crippen molar-refractivity contribution in [3.63, 3.8) is 0 Å². The molecule has 2 aromatic carbocycles. The highest BCUT2D eigenvalue weighted by Gasteiger charge is 2.12. The molecule has 1 N–H and O–H groups in total. The molecule has 0 fully saturated rings. The summed E-state index contributed by atoms with van der Waals surface area (Å²) in [6.45, 7) is 8.62. The fourth-order valence-corrected chi connectivity index (χ4v) is 3.62. The van der Waals surface area contributed by atoms with Crippen LogP contribution < -0.4 is 20.3 Å². The topological polar surface area (TPSA) is 99.7 Å². The first-order valence-electron chi connectivity index (χ1n) is 11.5. The first-order chi connectivity index (χ1) is 16.8. The summed E-state index contributed by atoms with van der Waals surface area (Å²) in [6.07, 6.45) is 1.61. The number of carbonyl (C=O) groups excluding carboxylic acids is 1. The van der Waals surface area contributed by atoms with E-state index in [0.717, 1.165) is 11.1 Å². The van der Waals surface area contributed by atoms with Crippen LogP contribution in [0.15, 0.2) is 59.7 Å². The van der Waals surface area contributed by atoms with Crippen molar-refractivity contribution in [3.8, 4) is 11.5 Å². The van der Waals surface area contributed by atoms with E-state index in [0.29, 0.717) is 41.1 Å². The molecule has 0 saturated heterocycles. The number of aromatic nitrogens is 4. The number of hydrogen-bond acceptors (Lipinski definition) is 6. The van der Waals surface area contributed by atoms with Crippen LogP contribution in [-0.2, 0) is 17.9 Å². The Balaban J connectivity index is 1.42. The Hall–Kier alpha value is -4.14. The SMILES string of the molecule is Cc1ccc(C)c(OCC(=O)Nc2ccccc2OCc2cc(=O)n3c(ncn3CC(C)C)n2)c1. The highest BCUT2D eigenvalue weighted by molar-refractivity contribution is 5.93. The maximum Gasteiger partial charge on any atom is 0.274 e. The minimum absolute atomic E-state index is 0.0502. The highest BCUT2D eigenvalue weighted by Crippen LogP contribution is 2.25. The van der Waals surface area contributed by atoms with Gasteiger partial charge in [-0.2, -0.15) is 9.50 Å². The smallest absolute Gasteiger partial charge is 0.274 e. The van der Waals surface area contributed by atoms with Crippen LogP contribution in [0.3, 0.4) is 0 Å². The van der Waals surface area contributed by atoms with Gasteiger partial charge < -0.3 is 14.8 Å². The fraction of sp³-hybridized carbons (Fsp3) is 0.308. The standard InChI is InChI=1S/C26H29N5O4/c1-17(2)13-30-16-27-26-28-20(12-25(33)31(26)30)14-34-22-8-6-5-7-21(22)29-24(32)15-35-23-11-18(3)9-10-19(23)4/h5-12,16-17H,13-15H2,1-4H3,(H,29,32). The molecule has 0 aliphatic carbocycles. The second-order valence-corrected chi connectivity index (χ2v) is 8.85. The van der Waals surface area contributed by atoms with E-state index in [2.05, 4.69) is 29.1 Å². The number of ether oxygens (including phenoxy) is 2. The lowest BCUT2D eigenvalue weighted by Crippen LogP contribution is -2.23. The van der Waals surface area contributed by atoms with Crippen LogP contribution in [0.25, 0.3) is 5.78 Å². The summed E-state index contributed by atoms with van der Waals surface area (Å²) >= 11 is 0. The minimum Gasteiger partial charge on any atom is -0.485 e. The molecule has 0 atom stereocenters. The Kier molecular flexibility index (Phi) is 7.14. The van der Waals surface area contributed by atoms with Crippen molar-refractivity contribution in [1.29, 1.82) is 0 Å². The normalized spacial score (nSPS) is 11.1. The van der Waals surface area contributed by atoms with Crippen molar-refractivity contribution in [2.75, 3.05) is 11.9 Å². The number of para-hydroxylation sites is 2. The number of anilines is 1. The van der Waals surface area contributed by atoms with Gasteiger partial charge in [0.25, 0.3) is 17.2 Å².